The fourth-order valence-corrected chi connectivity index (χ4v) is 1.03. The first-order valence-corrected chi connectivity index (χ1v) is 4.63. The molecule has 133 valence electrons. The molecule has 0 fully saturated rings. The molecule has 0 saturated carbocycles. The van der Waals surface area contributed by atoms with Crippen molar-refractivity contribution in [3.8, 4) is 0 Å². The Morgan fingerprint density at radius 2 is 0.773 bits per heavy atom. The van der Waals surface area contributed by atoms with E-state index in [-0.39, 0.29) is 0 Å². The summed E-state index contributed by atoms with van der Waals surface area (Å²) in [5, 5.41) is 0. The van der Waals surface area contributed by atoms with E-state index >= 15 is 0 Å². The number of hydrogen-bond acceptors (Lipinski definition) is 0. The number of hydrogen-bond donors (Lipinski definition) is 0. The molecule has 0 rings (SSSR count). The van der Waals surface area contributed by atoms with Gasteiger partial charge in [-0.05, 0) is 6.92 Å². The maximum absolute atomic E-state index is 12.9. The fraction of sp³-hybridized carbons (Fsp3) is 0.875. The number of alkyl halides is 14. The molecule has 0 saturated heterocycles. The van der Waals surface area contributed by atoms with Crippen LogP contribution in [0.15, 0.2) is 0 Å². The largest absolute Gasteiger partial charge is 0.460 e. The van der Waals surface area contributed by atoms with E-state index in [1.807, 2.05) is 0 Å². The van der Waals surface area contributed by atoms with Crippen molar-refractivity contribution in [1.82, 2.24) is 0 Å². The van der Waals surface area contributed by atoms with Crippen molar-refractivity contribution in [2.24, 2.45) is 5.92 Å². The van der Waals surface area contributed by atoms with Gasteiger partial charge in [0.25, 0.3) is 0 Å². The first kappa shape index (κ1) is 21.0. The molecule has 0 aromatic heterocycles. The lowest BCUT2D eigenvalue weighted by molar-refractivity contribution is -0.417. The van der Waals surface area contributed by atoms with Gasteiger partial charge in [0.05, 0.1) is 0 Å². The molecule has 0 amide bonds. The van der Waals surface area contributed by atoms with Crippen LogP contribution in [0.2, 0.25) is 0 Å². The topological polar surface area (TPSA) is 0 Å². The molecule has 0 spiro atoms. The number of halogens is 14. The van der Waals surface area contributed by atoms with Crippen LogP contribution in [0, 0.1) is 12.8 Å². The van der Waals surface area contributed by atoms with Gasteiger partial charge in [-0.3, -0.25) is 0 Å². The minimum absolute atomic E-state index is 1.31. The van der Waals surface area contributed by atoms with Crippen molar-refractivity contribution in [2.75, 3.05) is 0 Å². The molecule has 0 N–H and O–H groups in total. The Kier molecular flexibility index (Phi) is 4.79. The van der Waals surface area contributed by atoms with Gasteiger partial charge in [-0.1, -0.05) is 0 Å². The number of rotatable bonds is 4. The maximum Gasteiger partial charge on any atom is 0.460 e. The summed E-state index contributed by atoms with van der Waals surface area (Å²) in [6.45, 7) is 1.31. The Labute approximate surface area is 112 Å². The summed E-state index contributed by atoms with van der Waals surface area (Å²) >= 11 is 0. The van der Waals surface area contributed by atoms with Crippen molar-refractivity contribution in [2.45, 2.75) is 36.0 Å². The lowest BCUT2D eigenvalue weighted by atomic mass is 9.88. The van der Waals surface area contributed by atoms with Gasteiger partial charge in [-0.15, -0.1) is 0 Å². The van der Waals surface area contributed by atoms with Crippen LogP contribution in [-0.4, -0.2) is 36.0 Å². The van der Waals surface area contributed by atoms with Crippen LogP contribution in [0.5, 0.6) is 0 Å². The quantitative estimate of drug-likeness (QED) is 0.608. The molecule has 1 unspecified atom stereocenters. The molecule has 14 heteroatoms. The third-order valence-corrected chi connectivity index (χ3v) is 2.42. The second-order valence-electron chi connectivity index (χ2n) is 3.94. The van der Waals surface area contributed by atoms with Crippen LogP contribution in [0.25, 0.3) is 0 Å². The third kappa shape index (κ3) is 2.79. The van der Waals surface area contributed by atoms with Crippen molar-refractivity contribution >= 4 is 0 Å². The molecule has 1 atom stereocenters. The van der Waals surface area contributed by atoms with Gasteiger partial charge in [0.2, 0.25) is 0 Å². The lowest BCUT2D eigenvalue weighted by Gasteiger charge is -2.39. The summed E-state index contributed by atoms with van der Waals surface area (Å²) in [6, 6.07) is 0. The summed E-state index contributed by atoms with van der Waals surface area (Å²) in [5.41, 5.74) is 0. The Morgan fingerprint density at radius 1 is 0.455 bits per heavy atom. The van der Waals surface area contributed by atoms with Gasteiger partial charge >= 0.3 is 36.0 Å². The molecule has 0 aliphatic carbocycles. The van der Waals surface area contributed by atoms with Crippen molar-refractivity contribution in [3.05, 3.63) is 6.92 Å². The average molecular weight is 365 g/mol. The zero-order valence-corrected chi connectivity index (χ0v) is 9.58. The maximum atomic E-state index is 12.9. The summed E-state index contributed by atoms with van der Waals surface area (Å²) in [6.07, 6.45) is -14.3. The van der Waals surface area contributed by atoms with Gasteiger partial charge < -0.3 is 0 Å². The van der Waals surface area contributed by atoms with E-state index in [9.17, 15) is 61.5 Å². The molecular weight excluding hydrogens is 362 g/mol. The smallest absolute Gasteiger partial charge is 0.199 e. The van der Waals surface area contributed by atoms with Crippen LogP contribution < -0.4 is 0 Å². The van der Waals surface area contributed by atoms with E-state index in [1.165, 1.54) is 6.92 Å². The summed E-state index contributed by atoms with van der Waals surface area (Å²) in [5.74, 6) is -34.3. The summed E-state index contributed by atoms with van der Waals surface area (Å²) in [4.78, 5) is 0. The Bertz CT molecular complexity index is 398. The van der Waals surface area contributed by atoms with E-state index < -0.39 is 42.0 Å². The highest BCUT2D eigenvalue weighted by molar-refractivity contribution is 5.07. The van der Waals surface area contributed by atoms with E-state index in [0.717, 1.165) is 0 Å². The predicted octanol–water partition coefficient (Wildman–Crippen LogP) is 5.10. The monoisotopic (exact) mass is 365 g/mol. The first-order chi connectivity index (χ1) is 9.15. The summed E-state index contributed by atoms with van der Waals surface area (Å²) < 4.78 is 171. The van der Waals surface area contributed by atoms with Gasteiger partial charge in [0.15, 0.2) is 0 Å². The Balaban J connectivity index is 6.03. The zero-order valence-electron chi connectivity index (χ0n) is 9.58. The van der Waals surface area contributed by atoms with Crippen LogP contribution in [-0.2, 0) is 0 Å². The van der Waals surface area contributed by atoms with Gasteiger partial charge in [0.1, 0.15) is 5.92 Å². The average Bonchev–Trinajstić information content (AvgIpc) is 2.24. The Morgan fingerprint density at radius 3 is 1.00 bits per heavy atom. The predicted molar refractivity (Wildman–Crippen MR) is 40.7 cm³/mol. The van der Waals surface area contributed by atoms with E-state index in [4.69, 9.17) is 0 Å². The van der Waals surface area contributed by atoms with E-state index in [1.54, 1.807) is 0 Å². The van der Waals surface area contributed by atoms with Crippen molar-refractivity contribution in [3.63, 3.8) is 0 Å². The normalized spacial score (nSPS) is 17.6. The minimum atomic E-state index is -7.61. The van der Waals surface area contributed by atoms with Crippen LogP contribution in [0.4, 0.5) is 61.5 Å². The molecule has 0 bridgehead atoms. The van der Waals surface area contributed by atoms with E-state index in [0.29, 0.717) is 0 Å². The molecule has 0 heterocycles. The molecule has 0 aromatic rings. The first-order valence-electron chi connectivity index (χ1n) is 4.63. The highest BCUT2D eigenvalue weighted by atomic mass is 19.4. The molecule has 0 aliphatic heterocycles. The third-order valence-electron chi connectivity index (χ3n) is 2.42. The van der Waals surface area contributed by atoms with Gasteiger partial charge in [0, 0.05) is 0 Å². The highest BCUT2D eigenvalue weighted by Gasteiger charge is 2.85. The van der Waals surface area contributed by atoms with Crippen LogP contribution >= 0.6 is 0 Å². The molecule has 0 nitrogen and oxygen atoms in total. The zero-order chi connectivity index (χ0) is 18.6. The lowest BCUT2D eigenvalue weighted by Crippen LogP contribution is -2.66. The highest BCUT2D eigenvalue weighted by Crippen LogP contribution is 2.58. The molecule has 0 aromatic carbocycles. The minimum Gasteiger partial charge on any atom is -0.199 e. The second kappa shape index (κ2) is 5.01. The van der Waals surface area contributed by atoms with E-state index in [2.05, 4.69) is 0 Å². The molecule has 0 aliphatic rings. The standard InChI is InChI=1S/C8H3F14/c1-2(4(11,12)7(17,18)19)3(9,10)5(13,14)6(15,16)8(20,21)22/h2H,1H2. The molecule has 22 heavy (non-hydrogen) atoms. The molecule has 1 radical (unpaired) electrons. The fourth-order valence-electron chi connectivity index (χ4n) is 1.03. The van der Waals surface area contributed by atoms with Crippen LogP contribution in [0.3, 0.4) is 0 Å². The SMILES string of the molecule is [CH2]C(C(F)(F)C(F)(F)F)C(F)(F)C(F)(F)C(F)(F)C(F)(F)F. The Hall–Kier alpha value is -0.980. The van der Waals surface area contributed by atoms with Crippen molar-refractivity contribution in [1.29, 1.82) is 0 Å². The van der Waals surface area contributed by atoms with Crippen molar-refractivity contribution < 1.29 is 61.5 Å². The van der Waals surface area contributed by atoms with Gasteiger partial charge in [-0.25, -0.2) is 0 Å². The van der Waals surface area contributed by atoms with Gasteiger partial charge in [-0.2, -0.15) is 61.5 Å². The second-order valence-corrected chi connectivity index (χ2v) is 3.94. The summed E-state index contributed by atoms with van der Waals surface area (Å²) in [7, 11) is 0. The van der Waals surface area contributed by atoms with Crippen LogP contribution in [0.1, 0.15) is 0 Å². The molecular formula is C8H3F14.